The number of aromatic nitrogens is 3. The van der Waals surface area contributed by atoms with Crippen LogP contribution in [0.2, 0.25) is 0 Å². The molecular weight excluding hydrogens is 416 g/mol. The molecule has 0 radical (unpaired) electrons. The van der Waals surface area contributed by atoms with Crippen LogP contribution in [-0.4, -0.2) is 71.1 Å². The van der Waals surface area contributed by atoms with Crippen molar-refractivity contribution in [3.05, 3.63) is 30.0 Å². The smallest absolute Gasteiger partial charge is 0.223 e. The number of aryl methyl sites for hydroxylation is 1. The van der Waals surface area contributed by atoms with Gasteiger partial charge in [-0.1, -0.05) is 0 Å². The third-order valence-electron chi connectivity index (χ3n) is 4.36. The van der Waals surface area contributed by atoms with E-state index in [-0.39, 0.29) is 12.7 Å². The van der Waals surface area contributed by atoms with Crippen molar-refractivity contribution in [2.45, 2.75) is 33.0 Å². The van der Waals surface area contributed by atoms with Crippen LogP contribution in [0.3, 0.4) is 0 Å². The first-order valence-corrected chi connectivity index (χ1v) is 10.4. The lowest BCUT2D eigenvalue weighted by Crippen LogP contribution is -2.21. The molecule has 174 valence electrons. The van der Waals surface area contributed by atoms with Crippen LogP contribution >= 0.6 is 0 Å². The van der Waals surface area contributed by atoms with E-state index in [0.29, 0.717) is 42.2 Å². The molecule has 0 amide bonds. The molecule has 1 atom stereocenters. The van der Waals surface area contributed by atoms with Gasteiger partial charge in [0.1, 0.15) is 25.1 Å². The van der Waals surface area contributed by atoms with E-state index in [9.17, 15) is 5.11 Å². The first kappa shape index (κ1) is 23.6. The zero-order valence-corrected chi connectivity index (χ0v) is 18.7. The summed E-state index contributed by atoms with van der Waals surface area (Å²) >= 11 is 0. The monoisotopic (exact) mass is 446 g/mol. The van der Waals surface area contributed by atoms with Crippen LogP contribution in [0.1, 0.15) is 19.5 Å². The van der Waals surface area contributed by atoms with Gasteiger partial charge >= 0.3 is 0 Å². The molecule has 0 bridgehead atoms. The number of hydrogen-bond donors (Lipinski definition) is 4. The van der Waals surface area contributed by atoms with Crippen molar-refractivity contribution in [2.75, 3.05) is 38.9 Å². The maximum Gasteiger partial charge on any atom is 0.223 e. The van der Waals surface area contributed by atoms with E-state index in [1.165, 1.54) is 0 Å². The van der Waals surface area contributed by atoms with Crippen LogP contribution in [0.15, 0.2) is 24.3 Å². The molecular formula is C22H30N4O6. The van der Waals surface area contributed by atoms with Crippen molar-refractivity contribution in [2.24, 2.45) is 0 Å². The van der Waals surface area contributed by atoms with Gasteiger partial charge in [-0.05, 0) is 44.4 Å². The second-order valence-electron chi connectivity index (χ2n) is 7.55. The Morgan fingerprint density at radius 1 is 1.06 bits per heavy atom. The van der Waals surface area contributed by atoms with Gasteiger partial charge in [0.05, 0.1) is 19.3 Å². The van der Waals surface area contributed by atoms with Crippen LogP contribution < -0.4 is 19.5 Å². The minimum atomic E-state index is -1.00. The molecule has 2 aromatic heterocycles. The SMILES string of the molecule is COCCOc1cc2c(OC(C)C)nc(Nc3cc(C)[nH]n3)cc2cc1OCC(O)CO. The summed E-state index contributed by atoms with van der Waals surface area (Å²) in [4.78, 5) is 4.62. The molecule has 0 saturated heterocycles. The largest absolute Gasteiger partial charge is 0.487 e. The van der Waals surface area contributed by atoms with Crippen LogP contribution in [-0.2, 0) is 4.74 Å². The highest BCUT2D eigenvalue weighted by Crippen LogP contribution is 2.38. The van der Waals surface area contributed by atoms with Crippen molar-refractivity contribution in [1.29, 1.82) is 0 Å². The molecule has 0 fully saturated rings. The number of benzene rings is 1. The Morgan fingerprint density at radius 3 is 2.50 bits per heavy atom. The quantitative estimate of drug-likeness (QED) is 0.310. The molecule has 10 heteroatoms. The van der Waals surface area contributed by atoms with Gasteiger partial charge in [-0.15, -0.1) is 0 Å². The van der Waals surface area contributed by atoms with E-state index in [0.717, 1.165) is 16.5 Å². The van der Waals surface area contributed by atoms with Gasteiger partial charge in [0, 0.05) is 24.3 Å². The molecule has 0 aliphatic carbocycles. The maximum absolute atomic E-state index is 9.71. The standard InChI is InChI=1S/C22H30N4O6/c1-13(2)32-22-17-10-19(30-6-5-29-4)18(31-12-16(28)11-27)8-15(17)9-20(24-22)23-21-7-14(3)25-26-21/h7-10,13,16,27-28H,5-6,11-12H2,1-4H3,(H2,23,24,25,26). The summed E-state index contributed by atoms with van der Waals surface area (Å²) in [6.45, 7) is 5.99. The van der Waals surface area contributed by atoms with Crippen molar-refractivity contribution >= 4 is 22.4 Å². The molecule has 3 aromatic rings. The number of pyridine rings is 1. The van der Waals surface area contributed by atoms with E-state index < -0.39 is 12.7 Å². The lowest BCUT2D eigenvalue weighted by atomic mass is 10.1. The fourth-order valence-electron chi connectivity index (χ4n) is 2.92. The van der Waals surface area contributed by atoms with Crippen LogP contribution in [0.4, 0.5) is 11.6 Å². The molecule has 32 heavy (non-hydrogen) atoms. The predicted molar refractivity (Wildman–Crippen MR) is 120 cm³/mol. The summed E-state index contributed by atoms with van der Waals surface area (Å²) < 4.78 is 22.6. The van der Waals surface area contributed by atoms with Gasteiger partial charge in [0.25, 0.3) is 0 Å². The first-order valence-electron chi connectivity index (χ1n) is 10.4. The Morgan fingerprint density at radius 2 is 1.84 bits per heavy atom. The summed E-state index contributed by atoms with van der Waals surface area (Å²) in [5.41, 5.74) is 0.919. The maximum atomic E-state index is 9.71. The number of aliphatic hydroxyl groups excluding tert-OH is 2. The third-order valence-corrected chi connectivity index (χ3v) is 4.36. The van der Waals surface area contributed by atoms with E-state index in [1.54, 1.807) is 19.2 Å². The Labute approximate surface area is 186 Å². The van der Waals surface area contributed by atoms with E-state index >= 15 is 0 Å². The number of ether oxygens (including phenoxy) is 4. The van der Waals surface area contributed by atoms with E-state index in [2.05, 4.69) is 20.5 Å². The number of aromatic amines is 1. The molecule has 10 nitrogen and oxygen atoms in total. The summed E-state index contributed by atoms with van der Waals surface area (Å²) in [7, 11) is 1.59. The van der Waals surface area contributed by atoms with Gasteiger partial charge < -0.3 is 34.5 Å². The topological polar surface area (TPSA) is 131 Å². The number of anilines is 2. The highest BCUT2D eigenvalue weighted by Gasteiger charge is 2.16. The zero-order valence-electron chi connectivity index (χ0n) is 18.7. The molecule has 2 heterocycles. The normalized spacial score (nSPS) is 12.2. The van der Waals surface area contributed by atoms with Crippen molar-refractivity contribution in [1.82, 2.24) is 15.2 Å². The zero-order chi connectivity index (χ0) is 23.1. The fourth-order valence-corrected chi connectivity index (χ4v) is 2.92. The Bertz CT molecular complexity index is 1020. The predicted octanol–water partition coefficient (Wildman–Crippen LogP) is 2.55. The Kier molecular flexibility index (Phi) is 8.09. The summed E-state index contributed by atoms with van der Waals surface area (Å²) in [5.74, 6) is 2.50. The third kappa shape index (κ3) is 6.22. The first-order chi connectivity index (χ1) is 15.4. The molecule has 0 saturated carbocycles. The number of aliphatic hydroxyl groups is 2. The number of nitrogens with one attached hydrogen (secondary N) is 2. The number of rotatable bonds is 12. The molecule has 1 aromatic carbocycles. The summed E-state index contributed by atoms with van der Waals surface area (Å²) in [5, 5.41) is 30.6. The molecule has 0 aliphatic rings. The minimum absolute atomic E-state index is 0.0826. The average molecular weight is 447 g/mol. The Hall–Kier alpha value is -3.08. The van der Waals surface area contributed by atoms with E-state index in [1.807, 2.05) is 32.9 Å². The van der Waals surface area contributed by atoms with Crippen LogP contribution in [0, 0.1) is 6.92 Å². The fraction of sp³-hybridized carbons (Fsp3) is 0.455. The highest BCUT2D eigenvalue weighted by molar-refractivity contribution is 5.92. The number of methoxy groups -OCH3 is 1. The highest BCUT2D eigenvalue weighted by atomic mass is 16.5. The van der Waals surface area contributed by atoms with Crippen molar-refractivity contribution in [3.8, 4) is 17.4 Å². The number of fused-ring (bicyclic) bond motifs is 1. The lowest BCUT2D eigenvalue weighted by molar-refractivity contribution is 0.0521. The van der Waals surface area contributed by atoms with Gasteiger partial charge in [-0.3, -0.25) is 5.10 Å². The van der Waals surface area contributed by atoms with Crippen LogP contribution in [0.25, 0.3) is 10.8 Å². The van der Waals surface area contributed by atoms with Crippen molar-refractivity contribution < 1.29 is 29.2 Å². The lowest BCUT2D eigenvalue weighted by Gasteiger charge is -2.18. The van der Waals surface area contributed by atoms with Gasteiger partial charge in [0.2, 0.25) is 5.88 Å². The number of nitrogens with zero attached hydrogens (tertiary/aromatic N) is 2. The average Bonchev–Trinajstić information content (AvgIpc) is 3.16. The number of hydrogen-bond acceptors (Lipinski definition) is 9. The van der Waals surface area contributed by atoms with Gasteiger partial charge in [0.15, 0.2) is 17.3 Å². The van der Waals surface area contributed by atoms with Gasteiger partial charge in [-0.25, -0.2) is 0 Å². The summed E-state index contributed by atoms with van der Waals surface area (Å²) in [6.07, 6.45) is -1.10. The van der Waals surface area contributed by atoms with Gasteiger partial charge in [-0.2, -0.15) is 10.1 Å². The van der Waals surface area contributed by atoms with Crippen LogP contribution in [0.5, 0.6) is 17.4 Å². The number of H-pyrrole nitrogens is 1. The van der Waals surface area contributed by atoms with E-state index in [4.69, 9.17) is 24.1 Å². The Balaban J connectivity index is 2.03. The minimum Gasteiger partial charge on any atom is -0.487 e. The second-order valence-corrected chi connectivity index (χ2v) is 7.55. The molecule has 3 rings (SSSR count). The summed E-state index contributed by atoms with van der Waals surface area (Å²) in [6, 6.07) is 7.30. The second kappa shape index (κ2) is 11.0. The molecule has 0 spiro atoms. The van der Waals surface area contributed by atoms with Crippen molar-refractivity contribution in [3.63, 3.8) is 0 Å². The molecule has 1 unspecified atom stereocenters. The molecule has 4 N–H and O–H groups in total. The molecule has 0 aliphatic heterocycles.